The minimum absolute atomic E-state index is 0.0534. The van der Waals surface area contributed by atoms with Crippen LogP contribution in [-0.4, -0.2) is 27.7 Å². The minimum atomic E-state index is 0.0534. The highest BCUT2D eigenvalue weighted by Crippen LogP contribution is 2.25. The molecule has 2 N–H and O–H groups in total. The van der Waals surface area contributed by atoms with E-state index in [1.165, 1.54) is 0 Å². The maximum Gasteiger partial charge on any atom is 0.138 e. The Bertz CT molecular complexity index is 493. The van der Waals surface area contributed by atoms with E-state index >= 15 is 0 Å². The van der Waals surface area contributed by atoms with Crippen molar-refractivity contribution in [1.29, 1.82) is 0 Å². The Morgan fingerprint density at radius 1 is 1.41 bits per heavy atom. The number of thiophene rings is 1. The molecule has 4 nitrogen and oxygen atoms in total. The van der Waals surface area contributed by atoms with Crippen LogP contribution in [0.4, 0.5) is 5.82 Å². The van der Waals surface area contributed by atoms with Crippen molar-refractivity contribution in [3.05, 3.63) is 17.3 Å². The van der Waals surface area contributed by atoms with Crippen molar-refractivity contribution in [3.63, 3.8) is 0 Å². The summed E-state index contributed by atoms with van der Waals surface area (Å²) in [6.07, 6.45) is 1.69. The molecule has 0 aliphatic carbocycles. The van der Waals surface area contributed by atoms with E-state index in [9.17, 15) is 5.11 Å². The van der Waals surface area contributed by atoms with Crippen LogP contribution in [-0.2, 0) is 6.42 Å². The van der Waals surface area contributed by atoms with Crippen molar-refractivity contribution in [2.75, 3.05) is 11.9 Å². The van der Waals surface area contributed by atoms with Gasteiger partial charge in [-0.05, 0) is 17.9 Å². The van der Waals surface area contributed by atoms with Gasteiger partial charge in [0.1, 0.15) is 16.5 Å². The van der Waals surface area contributed by atoms with Crippen molar-refractivity contribution in [3.8, 4) is 0 Å². The topological polar surface area (TPSA) is 58.0 Å². The molecule has 0 fully saturated rings. The van der Waals surface area contributed by atoms with Gasteiger partial charge < -0.3 is 10.4 Å². The number of aryl methyl sites for hydroxylation is 1. The Hall–Kier alpha value is -1.20. The van der Waals surface area contributed by atoms with Gasteiger partial charge in [-0.3, -0.25) is 0 Å². The molecule has 1 atom stereocenters. The Morgan fingerprint density at radius 3 is 2.88 bits per heavy atom. The molecular formula is C12H17N3OS. The number of nitrogens with zero attached hydrogens (tertiary/aromatic N) is 2. The molecule has 0 aromatic carbocycles. The van der Waals surface area contributed by atoms with Crippen LogP contribution in [0.15, 0.2) is 11.4 Å². The Morgan fingerprint density at radius 2 is 2.24 bits per heavy atom. The Labute approximate surface area is 105 Å². The summed E-state index contributed by atoms with van der Waals surface area (Å²) in [7, 11) is 0. The molecule has 2 aromatic rings. The fourth-order valence-electron chi connectivity index (χ4n) is 1.64. The highest BCUT2D eigenvalue weighted by molar-refractivity contribution is 7.16. The van der Waals surface area contributed by atoms with Crippen LogP contribution in [0.1, 0.15) is 26.1 Å². The first-order valence-corrected chi connectivity index (χ1v) is 6.78. The summed E-state index contributed by atoms with van der Waals surface area (Å²) in [5.41, 5.74) is 0. The van der Waals surface area contributed by atoms with E-state index in [1.807, 2.05) is 25.3 Å². The van der Waals surface area contributed by atoms with E-state index in [0.29, 0.717) is 0 Å². The standard InChI is InChI=1S/C12H17N3OS/c1-3-8(7-16)13-11-9-5-6-17-12(9)15-10(4-2)14-11/h5-6,8,16H,3-4,7H2,1-2H3,(H,13,14,15)/t8-/m0/s1. The molecule has 0 aliphatic heterocycles. The van der Waals surface area contributed by atoms with Gasteiger partial charge in [0, 0.05) is 6.42 Å². The average molecular weight is 251 g/mol. The molecular weight excluding hydrogens is 234 g/mol. The van der Waals surface area contributed by atoms with E-state index in [0.717, 1.165) is 34.7 Å². The first kappa shape index (κ1) is 12.3. The number of nitrogens with one attached hydrogen (secondary N) is 1. The number of hydrogen-bond acceptors (Lipinski definition) is 5. The highest BCUT2D eigenvalue weighted by Gasteiger charge is 2.11. The van der Waals surface area contributed by atoms with Gasteiger partial charge in [-0.2, -0.15) is 0 Å². The average Bonchev–Trinajstić information content (AvgIpc) is 2.83. The lowest BCUT2D eigenvalue weighted by Gasteiger charge is -2.15. The van der Waals surface area contributed by atoms with Gasteiger partial charge in [0.05, 0.1) is 18.0 Å². The molecule has 0 spiro atoms. The maximum absolute atomic E-state index is 9.23. The van der Waals surface area contributed by atoms with Gasteiger partial charge in [-0.1, -0.05) is 13.8 Å². The van der Waals surface area contributed by atoms with E-state index in [-0.39, 0.29) is 12.6 Å². The molecule has 0 saturated heterocycles. The first-order chi connectivity index (χ1) is 8.28. The molecule has 2 aromatic heterocycles. The van der Waals surface area contributed by atoms with Crippen LogP contribution >= 0.6 is 11.3 Å². The number of hydrogen-bond donors (Lipinski definition) is 2. The Kier molecular flexibility index (Phi) is 3.91. The summed E-state index contributed by atoms with van der Waals surface area (Å²) >= 11 is 1.62. The third kappa shape index (κ3) is 2.56. The number of anilines is 1. The Balaban J connectivity index is 2.39. The number of aromatic nitrogens is 2. The summed E-state index contributed by atoms with van der Waals surface area (Å²) in [5, 5.41) is 15.6. The van der Waals surface area contributed by atoms with Crippen molar-refractivity contribution in [2.45, 2.75) is 32.7 Å². The van der Waals surface area contributed by atoms with Crippen LogP contribution in [0.3, 0.4) is 0 Å². The summed E-state index contributed by atoms with van der Waals surface area (Å²) in [6.45, 7) is 4.20. The summed E-state index contributed by atoms with van der Waals surface area (Å²) in [5.74, 6) is 1.68. The second kappa shape index (κ2) is 5.42. The van der Waals surface area contributed by atoms with Crippen LogP contribution in [0, 0.1) is 0 Å². The maximum atomic E-state index is 9.23. The van der Waals surface area contributed by atoms with E-state index in [2.05, 4.69) is 15.3 Å². The lowest BCUT2D eigenvalue weighted by Crippen LogP contribution is -2.23. The van der Waals surface area contributed by atoms with Crippen molar-refractivity contribution < 1.29 is 5.11 Å². The second-order valence-electron chi connectivity index (χ2n) is 3.91. The van der Waals surface area contributed by atoms with Crippen LogP contribution in [0.2, 0.25) is 0 Å². The predicted octanol–water partition coefficient (Wildman–Crippen LogP) is 2.44. The molecule has 0 aliphatic rings. The molecule has 0 amide bonds. The van der Waals surface area contributed by atoms with Crippen LogP contribution < -0.4 is 5.32 Å². The SMILES string of the molecule is CCc1nc(N[C@@H](CC)CO)c2ccsc2n1. The lowest BCUT2D eigenvalue weighted by molar-refractivity contribution is 0.271. The fraction of sp³-hybridized carbons (Fsp3) is 0.500. The second-order valence-corrected chi connectivity index (χ2v) is 4.81. The summed E-state index contributed by atoms with van der Waals surface area (Å²) in [6, 6.07) is 2.07. The predicted molar refractivity (Wildman–Crippen MR) is 71.6 cm³/mol. The van der Waals surface area contributed by atoms with Crippen molar-refractivity contribution in [1.82, 2.24) is 9.97 Å². The zero-order valence-electron chi connectivity index (χ0n) is 10.1. The third-order valence-corrected chi connectivity index (χ3v) is 3.55. The van der Waals surface area contributed by atoms with Gasteiger partial charge in [-0.25, -0.2) is 9.97 Å². The van der Waals surface area contributed by atoms with E-state index in [4.69, 9.17) is 0 Å². The number of rotatable bonds is 5. The molecule has 2 rings (SSSR count). The largest absolute Gasteiger partial charge is 0.394 e. The van der Waals surface area contributed by atoms with Gasteiger partial charge in [0.15, 0.2) is 0 Å². The summed E-state index contributed by atoms with van der Waals surface area (Å²) < 4.78 is 0. The van der Waals surface area contributed by atoms with Crippen molar-refractivity contribution >= 4 is 27.4 Å². The molecule has 0 saturated carbocycles. The first-order valence-electron chi connectivity index (χ1n) is 5.90. The van der Waals surface area contributed by atoms with E-state index in [1.54, 1.807) is 11.3 Å². The zero-order chi connectivity index (χ0) is 12.3. The number of aliphatic hydroxyl groups is 1. The molecule has 0 radical (unpaired) electrons. The van der Waals surface area contributed by atoms with Crippen LogP contribution in [0.25, 0.3) is 10.2 Å². The van der Waals surface area contributed by atoms with Crippen molar-refractivity contribution in [2.24, 2.45) is 0 Å². The zero-order valence-corrected chi connectivity index (χ0v) is 10.9. The molecule has 17 heavy (non-hydrogen) atoms. The molecule has 0 unspecified atom stereocenters. The molecule has 92 valence electrons. The third-order valence-electron chi connectivity index (χ3n) is 2.74. The highest BCUT2D eigenvalue weighted by atomic mass is 32.1. The monoisotopic (exact) mass is 251 g/mol. The van der Waals surface area contributed by atoms with E-state index < -0.39 is 0 Å². The normalized spacial score (nSPS) is 12.9. The van der Waals surface area contributed by atoms with Gasteiger partial charge in [-0.15, -0.1) is 11.3 Å². The lowest BCUT2D eigenvalue weighted by atomic mass is 10.2. The fourth-order valence-corrected chi connectivity index (χ4v) is 2.42. The number of aliphatic hydroxyl groups excluding tert-OH is 1. The smallest absolute Gasteiger partial charge is 0.138 e. The molecule has 2 heterocycles. The molecule has 0 bridgehead atoms. The van der Waals surface area contributed by atoms with Crippen LogP contribution in [0.5, 0.6) is 0 Å². The molecule has 5 heteroatoms. The minimum Gasteiger partial charge on any atom is -0.394 e. The summed E-state index contributed by atoms with van der Waals surface area (Å²) in [4.78, 5) is 9.99. The quantitative estimate of drug-likeness (QED) is 0.857. The van der Waals surface area contributed by atoms with Gasteiger partial charge >= 0.3 is 0 Å². The van der Waals surface area contributed by atoms with Gasteiger partial charge in [0.2, 0.25) is 0 Å². The van der Waals surface area contributed by atoms with Gasteiger partial charge in [0.25, 0.3) is 0 Å². The number of fused-ring (bicyclic) bond motifs is 1.